The second-order valence-corrected chi connectivity index (χ2v) is 4.96. The molecule has 1 fully saturated rings. The molecule has 0 aromatic carbocycles. The van der Waals surface area contributed by atoms with Crippen molar-refractivity contribution in [2.75, 3.05) is 26.2 Å². The van der Waals surface area contributed by atoms with Gasteiger partial charge in [-0.15, -0.1) is 0 Å². The van der Waals surface area contributed by atoms with E-state index in [1.807, 2.05) is 6.92 Å². The third kappa shape index (κ3) is 4.49. The molecule has 0 amide bonds. The number of nitrogens with one attached hydrogen (secondary N) is 1. The smallest absolute Gasteiger partial charge is 0.0662 e. The summed E-state index contributed by atoms with van der Waals surface area (Å²) in [4.78, 5) is 2.53. The van der Waals surface area contributed by atoms with Gasteiger partial charge in [0.05, 0.1) is 6.10 Å². The van der Waals surface area contributed by atoms with Crippen LogP contribution >= 0.6 is 0 Å². The summed E-state index contributed by atoms with van der Waals surface area (Å²) in [6.45, 7) is 10.8. The van der Waals surface area contributed by atoms with Gasteiger partial charge >= 0.3 is 0 Å². The molecule has 2 atom stereocenters. The zero-order valence-corrected chi connectivity index (χ0v) is 10.4. The van der Waals surface area contributed by atoms with E-state index in [0.29, 0.717) is 6.04 Å². The number of aliphatic hydroxyl groups excluding tert-OH is 1. The highest BCUT2D eigenvalue weighted by atomic mass is 16.3. The Balaban J connectivity index is 2.09. The first-order valence-electron chi connectivity index (χ1n) is 6.26. The highest BCUT2D eigenvalue weighted by molar-refractivity contribution is 4.79. The van der Waals surface area contributed by atoms with Gasteiger partial charge in [0, 0.05) is 19.1 Å². The second kappa shape index (κ2) is 6.46. The molecular formula is C12H26N2O. The van der Waals surface area contributed by atoms with Crippen LogP contribution in [0.2, 0.25) is 0 Å². The van der Waals surface area contributed by atoms with E-state index in [-0.39, 0.29) is 6.10 Å². The fraction of sp³-hybridized carbons (Fsp3) is 1.00. The Morgan fingerprint density at radius 3 is 2.73 bits per heavy atom. The molecule has 2 N–H and O–H groups in total. The van der Waals surface area contributed by atoms with E-state index in [1.54, 1.807) is 0 Å². The summed E-state index contributed by atoms with van der Waals surface area (Å²) >= 11 is 0. The van der Waals surface area contributed by atoms with Crippen LogP contribution in [-0.4, -0.2) is 48.3 Å². The van der Waals surface area contributed by atoms with Crippen molar-refractivity contribution in [2.24, 2.45) is 5.92 Å². The topological polar surface area (TPSA) is 35.5 Å². The third-order valence-electron chi connectivity index (χ3n) is 3.33. The maximum atomic E-state index is 9.40. The van der Waals surface area contributed by atoms with Crippen LogP contribution in [0, 0.1) is 5.92 Å². The molecule has 0 bridgehead atoms. The van der Waals surface area contributed by atoms with Crippen molar-refractivity contribution < 1.29 is 5.11 Å². The molecule has 1 aliphatic heterocycles. The summed E-state index contributed by atoms with van der Waals surface area (Å²) in [6.07, 6.45) is 1.97. The Labute approximate surface area is 93.9 Å². The van der Waals surface area contributed by atoms with Gasteiger partial charge in [0.15, 0.2) is 0 Å². The van der Waals surface area contributed by atoms with Crippen molar-refractivity contribution in [1.82, 2.24) is 10.2 Å². The third-order valence-corrected chi connectivity index (χ3v) is 3.33. The summed E-state index contributed by atoms with van der Waals surface area (Å²) in [7, 11) is 0. The monoisotopic (exact) mass is 214 g/mol. The summed E-state index contributed by atoms with van der Waals surface area (Å²) in [5, 5.41) is 12.8. The Hall–Kier alpha value is -0.120. The molecule has 0 aromatic rings. The molecule has 1 saturated heterocycles. The molecule has 0 aliphatic carbocycles. The predicted molar refractivity (Wildman–Crippen MR) is 64.0 cm³/mol. The SMILES string of the molecule is CCC(O)CNCC1CCN(C(C)C)C1. The Kier molecular flexibility index (Phi) is 5.58. The fourth-order valence-corrected chi connectivity index (χ4v) is 2.10. The van der Waals surface area contributed by atoms with E-state index in [4.69, 9.17) is 0 Å². The van der Waals surface area contributed by atoms with E-state index in [1.165, 1.54) is 19.5 Å². The van der Waals surface area contributed by atoms with Crippen molar-refractivity contribution in [3.8, 4) is 0 Å². The molecule has 2 unspecified atom stereocenters. The predicted octanol–water partition coefficient (Wildman–Crippen LogP) is 1.08. The van der Waals surface area contributed by atoms with Crippen LogP contribution in [-0.2, 0) is 0 Å². The average Bonchev–Trinajstić information content (AvgIpc) is 2.66. The molecule has 0 spiro atoms. The first-order chi connectivity index (χ1) is 7.13. The molecule has 3 heteroatoms. The summed E-state index contributed by atoms with van der Waals surface area (Å²) < 4.78 is 0. The first-order valence-corrected chi connectivity index (χ1v) is 6.26. The van der Waals surface area contributed by atoms with Crippen molar-refractivity contribution in [3.63, 3.8) is 0 Å². The number of aliphatic hydroxyl groups is 1. The summed E-state index contributed by atoms with van der Waals surface area (Å²) in [5.74, 6) is 0.774. The lowest BCUT2D eigenvalue weighted by Crippen LogP contribution is -2.33. The minimum absolute atomic E-state index is 0.174. The maximum Gasteiger partial charge on any atom is 0.0662 e. The molecule has 90 valence electrons. The van der Waals surface area contributed by atoms with Crippen LogP contribution in [0.3, 0.4) is 0 Å². The molecule has 0 radical (unpaired) electrons. The lowest BCUT2D eigenvalue weighted by atomic mass is 10.1. The van der Waals surface area contributed by atoms with Gasteiger partial charge in [-0.1, -0.05) is 6.92 Å². The van der Waals surface area contributed by atoms with Gasteiger partial charge in [0.25, 0.3) is 0 Å². The zero-order valence-electron chi connectivity index (χ0n) is 10.4. The fourth-order valence-electron chi connectivity index (χ4n) is 2.10. The van der Waals surface area contributed by atoms with Gasteiger partial charge in [-0.2, -0.15) is 0 Å². The number of rotatable bonds is 6. The molecule has 0 saturated carbocycles. The standard InChI is InChI=1S/C12H26N2O/c1-4-12(15)8-13-7-11-5-6-14(9-11)10(2)3/h10-13,15H,4-9H2,1-3H3. The van der Waals surface area contributed by atoms with Crippen LogP contribution in [0.1, 0.15) is 33.6 Å². The lowest BCUT2D eigenvalue weighted by Gasteiger charge is -2.20. The van der Waals surface area contributed by atoms with E-state index in [9.17, 15) is 5.11 Å². The molecule has 3 nitrogen and oxygen atoms in total. The minimum Gasteiger partial charge on any atom is -0.392 e. The van der Waals surface area contributed by atoms with Crippen molar-refractivity contribution >= 4 is 0 Å². The normalized spacial score (nSPS) is 25.0. The molecule has 15 heavy (non-hydrogen) atoms. The number of nitrogens with zero attached hydrogens (tertiary/aromatic N) is 1. The number of hydrogen-bond acceptors (Lipinski definition) is 3. The Bertz CT molecular complexity index is 173. The molecule has 1 aliphatic rings. The second-order valence-electron chi connectivity index (χ2n) is 4.96. The highest BCUT2D eigenvalue weighted by Gasteiger charge is 2.23. The van der Waals surface area contributed by atoms with Gasteiger partial charge in [-0.05, 0) is 45.7 Å². The molecule has 1 rings (SSSR count). The van der Waals surface area contributed by atoms with Crippen LogP contribution in [0.4, 0.5) is 0 Å². The average molecular weight is 214 g/mol. The minimum atomic E-state index is -0.174. The summed E-state index contributed by atoms with van der Waals surface area (Å²) in [6, 6.07) is 0.677. The number of hydrogen-bond donors (Lipinski definition) is 2. The largest absolute Gasteiger partial charge is 0.392 e. The molecule has 0 aromatic heterocycles. The lowest BCUT2D eigenvalue weighted by molar-refractivity contribution is 0.165. The quantitative estimate of drug-likeness (QED) is 0.694. The van der Waals surface area contributed by atoms with E-state index >= 15 is 0 Å². The van der Waals surface area contributed by atoms with Crippen molar-refractivity contribution in [3.05, 3.63) is 0 Å². The van der Waals surface area contributed by atoms with Crippen LogP contribution in [0.25, 0.3) is 0 Å². The van der Waals surface area contributed by atoms with E-state index in [0.717, 1.165) is 25.4 Å². The maximum absolute atomic E-state index is 9.40. The van der Waals surface area contributed by atoms with E-state index in [2.05, 4.69) is 24.1 Å². The Morgan fingerprint density at radius 2 is 2.20 bits per heavy atom. The van der Waals surface area contributed by atoms with E-state index < -0.39 is 0 Å². The number of likely N-dealkylation sites (tertiary alicyclic amines) is 1. The highest BCUT2D eigenvalue weighted by Crippen LogP contribution is 2.17. The van der Waals surface area contributed by atoms with Gasteiger partial charge in [-0.25, -0.2) is 0 Å². The Morgan fingerprint density at radius 1 is 1.47 bits per heavy atom. The molecule has 1 heterocycles. The molecular weight excluding hydrogens is 188 g/mol. The van der Waals surface area contributed by atoms with Gasteiger partial charge < -0.3 is 15.3 Å². The first kappa shape index (κ1) is 12.9. The van der Waals surface area contributed by atoms with Gasteiger partial charge in [-0.3, -0.25) is 0 Å². The van der Waals surface area contributed by atoms with Crippen LogP contribution < -0.4 is 5.32 Å². The van der Waals surface area contributed by atoms with Crippen LogP contribution in [0.5, 0.6) is 0 Å². The zero-order chi connectivity index (χ0) is 11.3. The summed E-state index contributed by atoms with van der Waals surface area (Å²) in [5.41, 5.74) is 0. The van der Waals surface area contributed by atoms with Gasteiger partial charge in [0.2, 0.25) is 0 Å². The van der Waals surface area contributed by atoms with Crippen molar-refractivity contribution in [1.29, 1.82) is 0 Å². The van der Waals surface area contributed by atoms with Crippen molar-refractivity contribution in [2.45, 2.75) is 45.8 Å². The van der Waals surface area contributed by atoms with Crippen LogP contribution in [0.15, 0.2) is 0 Å². The van der Waals surface area contributed by atoms with Gasteiger partial charge in [0.1, 0.15) is 0 Å².